The lowest BCUT2D eigenvalue weighted by Gasteiger charge is -2.37. The molecule has 2 rings (SSSR count). The predicted molar refractivity (Wildman–Crippen MR) is 77.8 cm³/mol. The van der Waals surface area contributed by atoms with Crippen molar-refractivity contribution < 1.29 is 8.78 Å². The van der Waals surface area contributed by atoms with Gasteiger partial charge in [0, 0.05) is 17.6 Å². The zero-order valence-corrected chi connectivity index (χ0v) is 12.2. The maximum absolute atomic E-state index is 12.9. The van der Waals surface area contributed by atoms with E-state index >= 15 is 0 Å². The molecule has 1 heterocycles. The molecule has 1 aliphatic heterocycles. The fraction of sp³-hybridized carbons (Fsp3) is 0.625. The molecule has 0 aromatic heterocycles. The van der Waals surface area contributed by atoms with E-state index in [2.05, 4.69) is 18.7 Å². The molecule has 112 valence electrons. The first-order chi connectivity index (χ1) is 9.50. The number of nitrogens with two attached hydrogens (primary N) is 1. The molecule has 1 aromatic rings. The molecule has 0 amide bonds. The average Bonchev–Trinajstić information content (AvgIpc) is 2.60. The molecular formula is C16H24F2N2. The highest BCUT2D eigenvalue weighted by atomic mass is 19.3. The normalized spacial score (nSPS) is 25.1. The summed E-state index contributed by atoms with van der Waals surface area (Å²) < 4.78 is 25.8. The second kappa shape index (κ2) is 6.64. The van der Waals surface area contributed by atoms with Crippen molar-refractivity contribution in [3.8, 4) is 0 Å². The van der Waals surface area contributed by atoms with Crippen LogP contribution >= 0.6 is 0 Å². The Hall–Kier alpha value is -1.00. The SMILES string of the molecule is CC(C)N1CCCCC(N)C1c1cccc(C(F)F)c1. The van der Waals surface area contributed by atoms with Crippen LogP contribution in [0.1, 0.15) is 56.7 Å². The van der Waals surface area contributed by atoms with Gasteiger partial charge < -0.3 is 5.73 Å². The van der Waals surface area contributed by atoms with Crippen molar-refractivity contribution in [2.75, 3.05) is 6.54 Å². The third-order valence-electron chi connectivity index (χ3n) is 4.13. The Labute approximate surface area is 120 Å². The zero-order chi connectivity index (χ0) is 14.7. The van der Waals surface area contributed by atoms with Crippen LogP contribution in [0.15, 0.2) is 24.3 Å². The molecule has 0 bridgehead atoms. The van der Waals surface area contributed by atoms with Gasteiger partial charge in [0.25, 0.3) is 6.43 Å². The second-order valence-corrected chi connectivity index (χ2v) is 5.91. The summed E-state index contributed by atoms with van der Waals surface area (Å²) in [6.45, 7) is 5.26. The van der Waals surface area contributed by atoms with Gasteiger partial charge in [-0.1, -0.05) is 24.6 Å². The Morgan fingerprint density at radius 2 is 2.00 bits per heavy atom. The maximum Gasteiger partial charge on any atom is 0.263 e. The molecular weight excluding hydrogens is 258 g/mol. The van der Waals surface area contributed by atoms with Gasteiger partial charge in [-0.3, -0.25) is 4.90 Å². The van der Waals surface area contributed by atoms with Gasteiger partial charge in [-0.15, -0.1) is 0 Å². The topological polar surface area (TPSA) is 29.3 Å². The van der Waals surface area contributed by atoms with E-state index in [1.54, 1.807) is 12.1 Å². The molecule has 0 spiro atoms. The van der Waals surface area contributed by atoms with E-state index in [1.807, 2.05) is 6.07 Å². The van der Waals surface area contributed by atoms with E-state index in [4.69, 9.17) is 5.73 Å². The predicted octanol–water partition coefficient (Wildman–Crippen LogP) is 3.89. The first kappa shape index (κ1) is 15.4. The average molecular weight is 282 g/mol. The zero-order valence-electron chi connectivity index (χ0n) is 12.2. The highest BCUT2D eigenvalue weighted by Crippen LogP contribution is 2.32. The van der Waals surface area contributed by atoms with Gasteiger partial charge in [-0.2, -0.15) is 0 Å². The third kappa shape index (κ3) is 3.36. The molecule has 4 heteroatoms. The summed E-state index contributed by atoms with van der Waals surface area (Å²) in [5.74, 6) is 0. The number of rotatable bonds is 3. The van der Waals surface area contributed by atoms with Crippen LogP contribution in [0.4, 0.5) is 8.78 Å². The molecule has 1 aromatic carbocycles. The van der Waals surface area contributed by atoms with Crippen LogP contribution in [0.5, 0.6) is 0 Å². The fourth-order valence-electron chi connectivity index (χ4n) is 3.11. The van der Waals surface area contributed by atoms with E-state index < -0.39 is 6.43 Å². The quantitative estimate of drug-likeness (QED) is 0.911. The van der Waals surface area contributed by atoms with E-state index in [1.165, 1.54) is 6.07 Å². The number of halogens is 2. The van der Waals surface area contributed by atoms with E-state index in [0.29, 0.717) is 6.04 Å². The summed E-state index contributed by atoms with van der Waals surface area (Å²) in [5, 5.41) is 0. The van der Waals surface area contributed by atoms with Crippen molar-refractivity contribution in [1.82, 2.24) is 4.90 Å². The smallest absolute Gasteiger partial charge is 0.263 e. The molecule has 2 unspecified atom stereocenters. The van der Waals surface area contributed by atoms with Crippen LogP contribution in [0, 0.1) is 0 Å². The molecule has 0 aliphatic carbocycles. The van der Waals surface area contributed by atoms with E-state index in [-0.39, 0.29) is 17.6 Å². The summed E-state index contributed by atoms with van der Waals surface area (Å²) in [6, 6.07) is 7.15. The maximum atomic E-state index is 12.9. The minimum absolute atomic E-state index is 0.00724. The van der Waals surface area contributed by atoms with Crippen LogP contribution in [-0.4, -0.2) is 23.5 Å². The summed E-state index contributed by atoms with van der Waals surface area (Å²) in [6.07, 6.45) is 0.753. The van der Waals surface area contributed by atoms with Crippen molar-refractivity contribution in [3.63, 3.8) is 0 Å². The first-order valence-electron chi connectivity index (χ1n) is 7.40. The van der Waals surface area contributed by atoms with Crippen molar-refractivity contribution in [2.45, 2.75) is 57.7 Å². The molecule has 20 heavy (non-hydrogen) atoms. The third-order valence-corrected chi connectivity index (χ3v) is 4.13. The lowest BCUT2D eigenvalue weighted by Crippen LogP contribution is -2.43. The number of hydrogen-bond acceptors (Lipinski definition) is 2. The monoisotopic (exact) mass is 282 g/mol. The van der Waals surface area contributed by atoms with Crippen LogP contribution in [0.3, 0.4) is 0 Å². The summed E-state index contributed by atoms with van der Waals surface area (Å²) in [7, 11) is 0. The Kier molecular flexibility index (Phi) is 5.11. The largest absolute Gasteiger partial charge is 0.326 e. The number of hydrogen-bond donors (Lipinski definition) is 1. The number of alkyl halides is 2. The number of likely N-dealkylation sites (tertiary alicyclic amines) is 1. The summed E-state index contributed by atoms with van der Waals surface area (Å²) in [4.78, 5) is 2.35. The minimum atomic E-state index is -2.43. The van der Waals surface area contributed by atoms with E-state index in [0.717, 1.165) is 31.4 Å². The molecule has 1 aliphatic rings. The standard InChI is InChI=1S/C16H24F2N2/c1-11(2)20-9-4-3-8-14(19)15(20)12-6-5-7-13(10-12)16(17)18/h5-7,10-11,14-16H,3-4,8-9,19H2,1-2H3. The van der Waals surface area contributed by atoms with Crippen LogP contribution in [0.2, 0.25) is 0 Å². The van der Waals surface area contributed by atoms with Gasteiger partial charge in [-0.05, 0) is 44.9 Å². The van der Waals surface area contributed by atoms with Crippen molar-refractivity contribution in [3.05, 3.63) is 35.4 Å². The van der Waals surface area contributed by atoms with Gasteiger partial charge >= 0.3 is 0 Å². The van der Waals surface area contributed by atoms with Gasteiger partial charge in [0.1, 0.15) is 0 Å². The van der Waals surface area contributed by atoms with Crippen LogP contribution in [-0.2, 0) is 0 Å². The molecule has 0 saturated carbocycles. The molecule has 2 atom stereocenters. The first-order valence-corrected chi connectivity index (χ1v) is 7.40. The number of benzene rings is 1. The highest BCUT2D eigenvalue weighted by Gasteiger charge is 2.30. The van der Waals surface area contributed by atoms with Gasteiger partial charge in [0.2, 0.25) is 0 Å². The molecule has 1 fully saturated rings. The van der Waals surface area contributed by atoms with E-state index in [9.17, 15) is 8.78 Å². The Morgan fingerprint density at radius 3 is 2.65 bits per heavy atom. The summed E-state index contributed by atoms with van der Waals surface area (Å²) in [5.41, 5.74) is 7.34. The van der Waals surface area contributed by atoms with Crippen LogP contribution in [0.25, 0.3) is 0 Å². The Morgan fingerprint density at radius 1 is 1.25 bits per heavy atom. The molecule has 2 N–H and O–H groups in total. The van der Waals surface area contributed by atoms with Gasteiger partial charge in [0.05, 0.1) is 6.04 Å². The van der Waals surface area contributed by atoms with Crippen molar-refractivity contribution in [1.29, 1.82) is 0 Å². The van der Waals surface area contributed by atoms with Crippen LogP contribution < -0.4 is 5.73 Å². The highest BCUT2D eigenvalue weighted by molar-refractivity contribution is 5.28. The molecule has 2 nitrogen and oxygen atoms in total. The fourth-order valence-corrected chi connectivity index (χ4v) is 3.11. The second-order valence-electron chi connectivity index (χ2n) is 5.91. The lowest BCUT2D eigenvalue weighted by molar-refractivity contribution is 0.140. The Bertz CT molecular complexity index is 434. The van der Waals surface area contributed by atoms with Crippen molar-refractivity contribution >= 4 is 0 Å². The summed E-state index contributed by atoms with van der Waals surface area (Å²) >= 11 is 0. The molecule has 1 saturated heterocycles. The van der Waals surface area contributed by atoms with Crippen molar-refractivity contribution in [2.24, 2.45) is 5.73 Å². The van der Waals surface area contributed by atoms with Gasteiger partial charge in [-0.25, -0.2) is 8.78 Å². The minimum Gasteiger partial charge on any atom is -0.326 e. The number of nitrogens with zero attached hydrogens (tertiary/aromatic N) is 1. The Balaban J connectivity index is 2.36. The molecule has 0 radical (unpaired) electrons. The van der Waals surface area contributed by atoms with Gasteiger partial charge in [0.15, 0.2) is 0 Å². The lowest BCUT2D eigenvalue weighted by atomic mass is 9.94.